The van der Waals surface area contributed by atoms with Gasteiger partial charge in [-0.3, -0.25) is 5.32 Å². The number of amides is 1. The molecular formula is C14H16ClN3O2S. The second-order valence-corrected chi connectivity index (χ2v) is 6.08. The second kappa shape index (κ2) is 7.28. The predicted octanol–water partition coefficient (Wildman–Crippen LogP) is 4.48. The quantitative estimate of drug-likeness (QED) is 0.851. The van der Waals surface area contributed by atoms with E-state index in [1.165, 1.54) is 11.3 Å². The number of carbonyl (C=O) groups excluding carboxylic acids is 1. The molecule has 0 aliphatic rings. The van der Waals surface area contributed by atoms with Crippen LogP contribution in [0.5, 0.6) is 5.88 Å². The lowest BCUT2D eigenvalue weighted by molar-refractivity contribution is 0.214. The lowest BCUT2D eigenvalue weighted by Crippen LogP contribution is -2.18. The van der Waals surface area contributed by atoms with E-state index in [-0.39, 0.29) is 5.88 Å². The van der Waals surface area contributed by atoms with Crippen LogP contribution in [0.25, 0.3) is 0 Å². The van der Waals surface area contributed by atoms with Crippen LogP contribution >= 0.6 is 22.9 Å². The van der Waals surface area contributed by atoms with Crippen LogP contribution in [0.1, 0.15) is 13.8 Å². The highest BCUT2D eigenvalue weighted by molar-refractivity contribution is 7.14. The van der Waals surface area contributed by atoms with E-state index < -0.39 is 6.09 Å². The average Bonchev–Trinajstić information content (AvgIpc) is 2.83. The summed E-state index contributed by atoms with van der Waals surface area (Å²) in [6, 6.07) is 6.84. The fourth-order valence-electron chi connectivity index (χ4n) is 1.52. The molecule has 0 radical (unpaired) electrons. The Hall–Kier alpha value is -1.79. The number of nitrogens with one attached hydrogen (secondary N) is 2. The van der Waals surface area contributed by atoms with Gasteiger partial charge in [0.1, 0.15) is 0 Å². The highest BCUT2D eigenvalue weighted by atomic mass is 35.5. The minimum Gasteiger partial charge on any atom is -0.388 e. The Morgan fingerprint density at radius 3 is 3.00 bits per heavy atom. The van der Waals surface area contributed by atoms with Crippen LogP contribution in [0.4, 0.5) is 15.5 Å². The summed E-state index contributed by atoms with van der Waals surface area (Å²) in [4.78, 5) is 15.9. The molecule has 112 valence electrons. The van der Waals surface area contributed by atoms with Crippen LogP contribution in [-0.4, -0.2) is 17.6 Å². The van der Waals surface area contributed by atoms with Gasteiger partial charge in [-0.2, -0.15) is 0 Å². The van der Waals surface area contributed by atoms with Gasteiger partial charge in [0.25, 0.3) is 5.88 Å². The second-order valence-electron chi connectivity index (χ2n) is 4.79. The summed E-state index contributed by atoms with van der Waals surface area (Å²) in [7, 11) is 0. The molecule has 0 aliphatic heterocycles. The first-order chi connectivity index (χ1) is 10.0. The van der Waals surface area contributed by atoms with Crippen molar-refractivity contribution in [2.45, 2.75) is 13.8 Å². The Morgan fingerprint density at radius 1 is 1.48 bits per heavy atom. The maximum atomic E-state index is 11.8. The fourth-order valence-corrected chi connectivity index (χ4v) is 2.33. The lowest BCUT2D eigenvalue weighted by atomic mass is 10.2. The number of carbonyl (C=O) groups is 1. The molecule has 1 aromatic heterocycles. The first-order valence-electron chi connectivity index (χ1n) is 6.46. The number of halogens is 1. The van der Waals surface area contributed by atoms with Crippen LogP contribution in [0.2, 0.25) is 5.02 Å². The maximum Gasteiger partial charge on any atom is 0.418 e. The van der Waals surface area contributed by atoms with E-state index >= 15 is 0 Å². The first kappa shape index (κ1) is 15.6. The Morgan fingerprint density at radius 2 is 2.29 bits per heavy atom. The molecule has 0 unspecified atom stereocenters. The van der Waals surface area contributed by atoms with Crippen LogP contribution in [0.15, 0.2) is 29.8 Å². The van der Waals surface area contributed by atoms with Crippen molar-refractivity contribution < 1.29 is 9.53 Å². The molecule has 0 spiro atoms. The molecule has 0 saturated carbocycles. The number of thiazole rings is 1. The number of anilines is 2. The minimum atomic E-state index is -0.601. The van der Waals surface area contributed by atoms with Crippen molar-refractivity contribution >= 4 is 39.7 Å². The van der Waals surface area contributed by atoms with Crippen LogP contribution < -0.4 is 15.4 Å². The van der Waals surface area contributed by atoms with E-state index in [1.54, 1.807) is 29.8 Å². The number of aromatic nitrogens is 1. The molecule has 0 atom stereocenters. The Bertz CT molecular complexity index is 616. The fraction of sp³-hybridized carbons (Fsp3) is 0.286. The molecule has 2 N–H and O–H groups in total. The summed E-state index contributed by atoms with van der Waals surface area (Å²) in [6.07, 6.45) is -0.601. The third-order valence-corrected chi connectivity index (χ3v) is 3.47. The van der Waals surface area contributed by atoms with Crippen LogP contribution in [-0.2, 0) is 0 Å². The van der Waals surface area contributed by atoms with Gasteiger partial charge in [-0.15, -0.1) is 11.3 Å². The molecule has 0 saturated heterocycles. The van der Waals surface area contributed by atoms with E-state index in [2.05, 4.69) is 29.5 Å². The van der Waals surface area contributed by atoms with Crippen molar-refractivity contribution in [1.29, 1.82) is 0 Å². The Labute approximate surface area is 132 Å². The number of hydrogen-bond donors (Lipinski definition) is 2. The predicted molar refractivity (Wildman–Crippen MR) is 86.5 cm³/mol. The summed E-state index contributed by atoms with van der Waals surface area (Å²) < 4.78 is 5.21. The molecule has 5 nitrogen and oxygen atoms in total. The summed E-state index contributed by atoms with van der Waals surface area (Å²) in [6.45, 7) is 4.98. The summed E-state index contributed by atoms with van der Waals surface area (Å²) in [5.41, 5.74) is 2.20. The smallest absolute Gasteiger partial charge is 0.388 e. The van der Waals surface area contributed by atoms with Gasteiger partial charge in [0, 0.05) is 17.3 Å². The molecule has 0 bridgehead atoms. The van der Waals surface area contributed by atoms with Crippen LogP contribution in [0, 0.1) is 5.92 Å². The number of rotatable bonds is 5. The molecule has 1 heterocycles. The number of hydrogen-bond acceptors (Lipinski definition) is 5. The van der Waals surface area contributed by atoms with Crippen molar-refractivity contribution in [1.82, 2.24) is 4.98 Å². The van der Waals surface area contributed by atoms with Gasteiger partial charge < -0.3 is 10.1 Å². The molecule has 0 aliphatic carbocycles. The van der Waals surface area contributed by atoms with Crippen molar-refractivity contribution in [3.8, 4) is 5.88 Å². The van der Waals surface area contributed by atoms with Gasteiger partial charge in [0.05, 0.1) is 5.51 Å². The topological polar surface area (TPSA) is 63.3 Å². The normalized spacial score (nSPS) is 10.5. The van der Waals surface area contributed by atoms with E-state index in [0.717, 1.165) is 11.5 Å². The van der Waals surface area contributed by atoms with Gasteiger partial charge in [-0.05, 0) is 24.1 Å². The highest BCUT2D eigenvalue weighted by Gasteiger charge is 2.13. The van der Waals surface area contributed by atoms with Crippen molar-refractivity contribution in [2.24, 2.45) is 5.92 Å². The maximum absolute atomic E-state index is 11.8. The SMILES string of the molecule is CC(C)CNc1scnc1OC(=O)Nc1cccc(Cl)c1. The minimum absolute atomic E-state index is 0.278. The number of ether oxygens (including phenoxy) is 1. The van der Waals surface area contributed by atoms with Crippen molar-refractivity contribution in [3.05, 3.63) is 34.8 Å². The van der Waals surface area contributed by atoms with Crippen LogP contribution in [0.3, 0.4) is 0 Å². The molecule has 2 rings (SSSR count). The molecule has 1 amide bonds. The summed E-state index contributed by atoms with van der Waals surface area (Å²) in [5.74, 6) is 0.764. The van der Waals surface area contributed by atoms with Gasteiger partial charge in [0.2, 0.25) is 0 Å². The molecule has 7 heteroatoms. The van der Waals surface area contributed by atoms with E-state index in [1.807, 2.05) is 0 Å². The number of benzene rings is 1. The zero-order chi connectivity index (χ0) is 15.2. The van der Waals surface area contributed by atoms with E-state index in [0.29, 0.717) is 16.6 Å². The van der Waals surface area contributed by atoms with Gasteiger partial charge in [-0.1, -0.05) is 31.5 Å². The first-order valence-corrected chi connectivity index (χ1v) is 7.72. The largest absolute Gasteiger partial charge is 0.418 e. The zero-order valence-electron chi connectivity index (χ0n) is 11.7. The molecular weight excluding hydrogens is 310 g/mol. The van der Waals surface area contributed by atoms with Gasteiger partial charge in [-0.25, -0.2) is 9.78 Å². The standard InChI is InChI=1S/C14H16ClN3O2S/c1-9(2)7-16-13-12(17-8-21-13)20-14(19)18-11-5-3-4-10(15)6-11/h3-6,8-9,16H,7H2,1-2H3,(H,18,19). The molecule has 21 heavy (non-hydrogen) atoms. The lowest BCUT2D eigenvalue weighted by Gasteiger charge is -2.09. The third-order valence-electron chi connectivity index (χ3n) is 2.47. The number of nitrogens with zero attached hydrogens (tertiary/aromatic N) is 1. The third kappa shape index (κ3) is 4.91. The van der Waals surface area contributed by atoms with Crippen molar-refractivity contribution in [2.75, 3.05) is 17.2 Å². The summed E-state index contributed by atoms with van der Waals surface area (Å²) >= 11 is 7.25. The highest BCUT2D eigenvalue weighted by Crippen LogP contribution is 2.28. The summed E-state index contributed by atoms with van der Waals surface area (Å²) in [5, 5.41) is 7.09. The average molecular weight is 326 g/mol. The molecule has 0 fully saturated rings. The van der Waals surface area contributed by atoms with E-state index in [4.69, 9.17) is 16.3 Å². The van der Waals surface area contributed by atoms with Gasteiger partial charge in [0.15, 0.2) is 5.00 Å². The van der Waals surface area contributed by atoms with E-state index in [9.17, 15) is 4.79 Å². The Kier molecular flexibility index (Phi) is 5.41. The molecule has 1 aromatic carbocycles. The van der Waals surface area contributed by atoms with Crippen molar-refractivity contribution in [3.63, 3.8) is 0 Å². The Balaban J connectivity index is 1.95. The molecule has 2 aromatic rings. The zero-order valence-corrected chi connectivity index (χ0v) is 13.3. The van der Waals surface area contributed by atoms with Gasteiger partial charge >= 0.3 is 6.09 Å². The monoisotopic (exact) mass is 325 g/mol.